The van der Waals surface area contributed by atoms with Crippen molar-refractivity contribution in [1.29, 1.82) is 0 Å². The van der Waals surface area contributed by atoms with Crippen molar-refractivity contribution in [3.8, 4) is 5.75 Å². The van der Waals surface area contributed by atoms with Gasteiger partial charge in [-0.1, -0.05) is 19.8 Å². The standard InChI is InChI=1S/C21H24N2O5/c1-3-4-5-14-28-18-12-10-16(11-13-18)20(25)23-22-19(24)15-6-8-17(9-7-15)21(26)27-2/h6-13H,3-5,14H2,1-2H3,(H,22,24)(H,23,25). The van der Waals surface area contributed by atoms with E-state index in [0.717, 1.165) is 19.3 Å². The number of unbranched alkanes of at least 4 members (excludes halogenated alkanes) is 2. The smallest absolute Gasteiger partial charge is 0.337 e. The number of methoxy groups -OCH3 is 1. The molecule has 0 unspecified atom stereocenters. The van der Waals surface area contributed by atoms with Gasteiger partial charge >= 0.3 is 5.97 Å². The van der Waals surface area contributed by atoms with Crippen LogP contribution in [0.3, 0.4) is 0 Å². The molecule has 2 amide bonds. The molecule has 2 rings (SSSR count). The number of ether oxygens (including phenoxy) is 2. The fraction of sp³-hybridized carbons (Fsp3) is 0.286. The van der Waals surface area contributed by atoms with Gasteiger partial charge < -0.3 is 9.47 Å². The van der Waals surface area contributed by atoms with Gasteiger partial charge in [-0.05, 0) is 55.0 Å². The van der Waals surface area contributed by atoms with Crippen LogP contribution >= 0.6 is 0 Å². The zero-order valence-corrected chi connectivity index (χ0v) is 16.0. The predicted octanol–water partition coefficient (Wildman–Crippen LogP) is 3.12. The molecular weight excluding hydrogens is 360 g/mol. The lowest BCUT2D eigenvalue weighted by atomic mass is 10.1. The summed E-state index contributed by atoms with van der Waals surface area (Å²) in [5.41, 5.74) is 5.71. The van der Waals surface area contributed by atoms with Gasteiger partial charge in [-0.2, -0.15) is 0 Å². The van der Waals surface area contributed by atoms with Gasteiger partial charge in [-0.25, -0.2) is 4.79 Å². The number of hydrazine groups is 1. The molecule has 148 valence electrons. The minimum absolute atomic E-state index is 0.295. The largest absolute Gasteiger partial charge is 0.494 e. The fourth-order valence-electron chi connectivity index (χ4n) is 2.38. The van der Waals surface area contributed by atoms with Gasteiger partial charge in [0.25, 0.3) is 11.8 Å². The SMILES string of the molecule is CCCCCOc1ccc(C(=O)NNC(=O)c2ccc(C(=O)OC)cc2)cc1. The van der Waals surface area contributed by atoms with Crippen molar-refractivity contribution in [3.05, 3.63) is 65.2 Å². The van der Waals surface area contributed by atoms with E-state index >= 15 is 0 Å². The number of rotatable bonds is 8. The summed E-state index contributed by atoms with van der Waals surface area (Å²) in [7, 11) is 1.28. The third kappa shape index (κ3) is 6.12. The van der Waals surface area contributed by atoms with Crippen LogP contribution in [0.2, 0.25) is 0 Å². The molecule has 0 bridgehead atoms. The highest BCUT2D eigenvalue weighted by atomic mass is 16.5. The van der Waals surface area contributed by atoms with Crippen LogP contribution in [0.5, 0.6) is 5.75 Å². The molecule has 2 N–H and O–H groups in total. The number of carbonyl (C=O) groups excluding carboxylic acids is 3. The average Bonchev–Trinajstić information content (AvgIpc) is 2.74. The Morgan fingerprint density at radius 1 is 0.786 bits per heavy atom. The molecule has 0 aliphatic rings. The zero-order valence-electron chi connectivity index (χ0n) is 16.0. The minimum atomic E-state index is -0.499. The van der Waals surface area contributed by atoms with Crippen LogP contribution in [-0.2, 0) is 4.74 Å². The van der Waals surface area contributed by atoms with E-state index in [-0.39, 0.29) is 0 Å². The number of benzene rings is 2. The van der Waals surface area contributed by atoms with Crippen LogP contribution in [0.1, 0.15) is 57.3 Å². The highest BCUT2D eigenvalue weighted by molar-refractivity contribution is 5.99. The third-order valence-corrected chi connectivity index (χ3v) is 3.99. The lowest BCUT2D eigenvalue weighted by molar-refractivity contribution is 0.0600. The Kier molecular flexibility index (Phi) is 8.02. The van der Waals surface area contributed by atoms with Gasteiger partial charge in [0.15, 0.2) is 0 Å². The summed E-state index contributed by atoms with van der Waals surface area (Å²) in [6, 6.07) is 12.6. The predicted molar refractivity (Wildman–Crippen MR) is 104 cm³/mol. The first-order valence-corrected chi connectivity index (χ1v) is 9.07. The van der Waals surface area contributed by atoms with Crippen LogP contribution in [-0.4, -0.2) is 31.5 Å². The second-order valence-corrected chi connectivity index (χ2v) is 6.06. The summed E-state index contributed by atoms with van der Waals surface area (Å²) in [5, 5.41) is 0. The highest BCUT2D eigenvalue weighted by Gasteiger charge is 2.11. The van der Waals surface area contributed by atoms with Crippen molar-refractivity contribution in [2.45, 2.75) is 26.2 Å². The van der Waals surface area contributed by atoms with E-state index in [1.165, 1.54) is 31.4 Å². The summed E-state index contributed by atoms with van der Waals surface area (Å²) >= 11 is 0. The Morgan fingerprint density at radius 2 is 1.29 bits per heavy atom. The summed E-state index contributed by atoms with van der Waals surface area (Å²) in [4.78, 5) is 35.6. The molecule has 0 radical (unpaired) electrons. The van der Waals surface area contributed by atoms with Crippen molar-refractivity contribution in [2.75, 3.05) is 13.7 Å². The van der Waals surface area contributed by atoms with Gasteiger partial charge in [-0.15, -0.1) is 0 Å². The number of amides is 2. The summed E-state index contributed by atoms with van der Waals surface area (Å²) in [6.45, 7) is 2.77. The maximum Gasteiger partial charge on any atom is 0.337 e. The first-order chi connectivity index (χ1) is 13.5. The van der Waals surface area contributed by atoms with Gasteiger partial charge in [-0.3, -0.25) is 20.4 Å². The van der Waals surface area contributed by atoms with E-state index in [1.54, 1.807) is 24.3 Å². The molecule has 0 aliphatic heterocycles. The Bertz CT molecular complexity index is 801. The first kappa shape index (κ1) is 21.0. The number of nitrogens with one attached hydrogen (secondary N) is 2. The van der Waals surface area contributed by atoms with E-state index in [2.05, 4.69) is 22.5 Å². The molecule has 7 nitrogen and oxygen atoms in total. The highest BCUT2D eigenvalue weighted by Crippen LogP contribution is 2.13. The topological polar surface area (TPSA) is 93.7 Å². The molecule has 0 heterocycles. The van der Waals surface area contributed by atoms with E-state index in [4.69, 9.17) is 4.74 Å². The minimum Gasteiger partial charge on any atom is -0.494 e. The van der Waals surface area contributed by atoms with Crippen molar-refractivity contribution < 1.29 is 23.9 Å². The second-order valence-electron chi connectivity index (χ2n) is 6.06. The Balaban J connectivity index is 1.84. The van der Waals surface area contributed by atoms with E-state index < -0.39 is 17.8 Å². The van der Waals surface area contributed by atoms with Crippen molar-refractivity contribution in [2.24, 2.45) is 0 Å². The number of carbonyl (C=O) groups is 3. The Labute approximate surface area is 164 Å². The molecule has 0 aliphatic carbocycles. The maximum absolute atomic E-state index is 12.1. The molecule has 0 saturated heterocycles. The quantitative estimate of drug-likeness (QED) is 0.414. The summed E-state index contributed by atoms with van der Waals surface area (Å²) in [5.74, 6) is -0.738. The molecule has 2 aromatic rings. The summed E-state index contributed by atoms with van der Waals surface area (Å²) < 4.78 is 10.2. The first-order valence-electron chi connectivity index (χ1n) is 9.07. The average molecular weight is 384 g/mol. The number of hydrogen-bond donors (Lipinski definition) is 2. The van der Waals surface area contributed by atoms with Crippen LogP contribution in [0.25, 0.3) is 0 Å². The van der Waals surface area contributed by atoms with Crippen molar-refractivity contribution in [3.63, 3.8) is 0 Å². The number of esters is 1. The molecule has 0 aromatic heterocycles. The van der Waals surface area contributed by atoms with Gasteiger partial charge in [0.05, 0.1) is 19.3 Å². The van der Waals surface area contributed by atoms with Gasteiger partial charge in [0.2, 0.25) is 0 Å². The van der Waals surface area contributed by atoms with Crippen LogP contribution < -0.4 is 15.6 Å². The maximum atomic E-state index is 12.1. The van der Waals surface area contributed by atoms with Gasteiger partial charge in [0.1, 0.15) is 5.75 Å². The van der Waals surface area contributed by atoms with Crippen LogP contribution in [0, 0.1) is 0 Å². The molecular formula is C21H24N2O5. The lowest BCUT2D eigenvalue weighted by Crippen LogP contribution is -2.41. The van der Waals surface area contributed by atoms with Gasteiger partial charge in [0, 0.05) is 11.1 Å². The normalized spacial score (nSPS) is 10.1. The fourth-order valence-corrected chi connectivity index (χ4v) is 2.38. The molecule has 0 atom stereocenters. The van der Waals surface area contributed by atoms with Crippen molar-refractivity contribution >= 4 is 17.8 Å². The Hall–Kier alpha value is -3.35. The Morgan fingerprint density at radius 3 is 1.79 bits per heavy atom. The number of hydrogen-bond acceptors (Lipinski definition) is 5. The zero-order chi connectivity index (χ0) is 20.4. The van der Waals surface area contributed by atoms with Crippen molar-refractivity contribution in [1.82, 2.24) is 10.9 Å². The lowest BCUT2D eigenvalue weighted by Gasteiger charge is -2.09. The molecule has 0 fully saturated rings. The molecule has 0 spiro atoms. The molecule has 28 heavy (non-hydrogen) atoms. The monoisotopic (exact) mass is 384 g/mol. The molecule has 2 aromatic carbocycles. The van der Waals surface area contributed by atoms with E-state index in [0.29, 0.717) is 29.0 Å². The van der Waals surface area contributed by atoms with Crippen LogP contribution in [0.4, 0.5) is 0 Å². The van der Waals surface area contributed by atoms with E-state index in [9.17, 15) is 14.4 Å². The summed E-state index contributed by atoms with van der Waals surface area (Å²) in [6.07, 6.45) is 3.24. The molecule has 7 heteroatoms. The second kappa shape index (κ2) is 10.7. The third-order valence-electron chi connectivity index (χ3n) is 3.99. The molecule has 0 saturated carbocycles. The van der Waals surface area contributed by atoms with Crippen LogP contribution in [0.15, 0.2) is 48.5 Å². The van der Waals surface area contributed by atoms with E-state index in [1.807, 2.05) is 0 Å².